The Kier molecular flexibility index (Phi) is 6.91. The molecule has 2 fully saturated rings. The van der Waals surface area contributed by atoms with Gasteiger partial charge in [-0.1, -0.05) is 41.9 Å². The van der Waals surface area contributed by atoms with Crippen LogP contribution in [0, 0.1) is 0 Å². The molecule has 8 heteroatoms. The molecule has 2 aromatic carbocycles. The second kappa shape index (κ2) is 10.5. The summed E-state index contributed by atoms with van der Waals surface area (Å²) in [5.74, 6) is 0.970. The largest absolute Gasteiger partial charge is 0.496 e. The monoisotopic (exact) mass is 529 g/mol. The van der Waals surface area contributed by atoms with E-state index in [0.717, 1.165) is 84.0 Å². The van der Waals surface area contributed by atoms with Crippen LogP contribution >= 0.6 is 11.6 Å². The van der Waals surface area contributed by atoms with Crippen molar-refractivity contribution in [3.8, 4) is 5.75 Å². The topological polar surface area (TPSA) is 102 Å². The molecule has 2 unspecified atom stereocenters. The number of nitrogens with two attached hydrogens (primary N) is 1. The number of methoxy groups -OCH3 is 1. The van der Waals surface area contributed by atoms with Gasteiger partial charge in [-0.05, 0) is 61.8 Å². The second-order valence-electron chi connectivity index (χ2n) is 10.3. The van der Waals surface area contributed by atoms with Crippen molar-refractivity contribution in [2.45, 2.75) is 37.0 Å². The Morgan fingerprint density at radius 1 is 0.921 bits per heavy atom. The summed E-state index contributed by atoms with van der Waals surface area (Å²) in [6.45, 7) is 3.66. The number of benzene rings is 2. The van der Waals surface area contributed by atoms with Gasteiger partial charge in [0.15, 0.2) is 0 Å². The summed E-state index contributed by atoms with van der Waals surface area (Å²) < 4.78 is 6.11. The predicted molar refractivity (Wildman–Crippen MR) is 151 cm³/mol. The molecular weight excluding hydrogens is 498 g/mol. The maximum absolute atomic E-state index is 12.0. The van der Waals surface area contributed by atoms with Crippen LogP contribution in [0.1, 0.15) is 64.3 Å². The molecule has 0 radical (unpaired) electrons. The summed E-state index contributed by atoms with van der Waals surface area (Å²) in [7, 11) is 1.71. The number of nitrogens with one attached hydrogen (secondary N) is 2. The van der Waals surface area contributed by atoms with E-state index >= 15 is 0 Å². The molecule has 2 aromatic heterocycles. The highest BCUT2D eigenvalue weighted by atomic mass is 35.5. The lowest BCUT2D eigenvalue weighted by Gasteiger charge is -2.35. The highest BCUT2D eigenvalue weighted by Gasteiger charge is 2.34. The number of fused-ring (bicyclic) bond motifs is 2. The molecule has 0 saturated carbocycles. The van der Waals surface area contributed by atoms with Gasteiger partial charge in [-0.25, -0.2) is 0 Å². The molecular formula is C30H32ClN5O2. The number of nitrogens with zero attached hydrogens (tertiary/aromatic N) is 2. The lowest BCUT2D eigenvalue weighted by Crippen LogP contribution is -2.35. The molecule has 2 aliphatic heterocycles. The predicted octanol–water partition coefficient (Wildman–Crippen LogP) is 4.87. The van der Waals surface area contributed by atoms with Crippen LogP contribution in [0.3, 0.4) is 0 Å². The number of carbonyl (C=O) groups is 1. The first-order valence-electron chi connectivity index (χ1n) is 13.3. The van der Waals surface area contributed by atoms with E-state index in [4.69, 9.17) is 27.1 Å². The van der Waals surface area contributed by atoms with Gasteiger partial charge in [0.1, 0.15) is 11.4 Å². The van der Waals surface area contributed by atoms with Crippen molar-refractivity contribution in [2.75, 3.05) is 33.3 Å². The number of piperidine rings is 2. The Hall–Kier alpha value is -3.26. The van der Waals surface area contributed by atoms with Gasteiger partial charge in [-0.15, -0.1) is 0 Å². The number of halogens is 1. The maximum Gasteiger partial charge on any atom is 0.267 e. The first-order chi connectivity index (χ1) is 18.6. The van der Waals surface area contributed by atoms with Crippen LogP contribution in [0.15, 0.2) is 48.8 Å². The van der Waals surface area contributed by atoms with Crippen LogP contribution in [0.25, 0.3) is 21.5 Å². The van der Waals surface area contributed by atoms with E-state index < -0.39 is 5.91 Å². The quantitative estimate of drug-likeness (QED) is 0.341. The highest BCUT2D eigenvalue weighted by Crippen LogP contribution is 2.47. The summed E-state index contributed by atoms with van der Waals surface area (Å²) in [4.78, 5) is 21.3. The van der Waals surface area contributed by atoms with E-state index in [1.165, 1.54) is 5.56 Å². The normalized spacial score (nSPS) is 20.6. The molecule has 38 heavy (non-hydrogen) atoms. The molecule has 0 spiro atoms. The molecule has 2 atom stereocenters. The minimum atomic E-state index is -0.525. The Bertz CT molecular complexity index is 1520. The smallest absolute Gasteiger partial charge is 0.267 e. The SMILES string of the molecule is COc1c(C2CNCCC2c2ncc(Cl)c3ccccc23)cc(C2CCNCC2)c2cc(C(N)=O)ncc12. The first-order valence-corrected chi connectivity index (χ1v) is 13.7. The molecule has 7 nitrogen and oxygen atoms in total. The van der Waals surface area contributed by atoms with Gasteiger partial charge in [0.05, 0.1) is 17.8 Å². The summed E-state index contributed by atoms with van der Waals surface area (Å²) in [5.41, 5.74) is 9.36. The van der Waals surface area contributed by atoms with Crippen molar-refractivity contribution in [1.82, 2.24) is 20.6 Å². The number of aromatic nitrogens is 2. The van der Waals surface area contributed by atoms with Gasteiger partial charge in [-0.3, -0.25) is 14.8 Å². The minimum Gasteiger partial charge on any atom is -0.496 e. The molecule has 2 saturated heterocycles. The zero-order valence-corrected chi connectivity index (χ0v) is 22.2. The minimum absolute atomic E-state index is 0.136. The molecule has 4 aromatic rings. The summed E-state index contributed by atoms with van der Waals surface area (Å²) in [6.07, 6.45) is 6.55. The molecule has 1 amide bonds. The van der Waals surface area contributed by atoms with Crippen LogP contribution in [0.2, 0.25) is 5.02 Å². The van der Waals surface area contributed by atoms with Crippen LogP contribution < -0.4 is 21.1 Å². The van der Waals surface area contributed by atoms with Crippen LogP contribution in [0.4, 0.5) is 0 Å². The van der Waals surface area contributed by atoms with Crippen molar-refractivity contribution >= 4 is 39.1 Å². The highest BCUT2D eigenvalue weighted by molar-refractivity contribution is 6.35. The number of hydrogen-bond donors (Lipinski definition) is 3. The summed E-state index contributed by atoms with van der Waals surface area (Å²) >= 11 is 6.54. The van der Waals surface area contributed by atoms with Crippen LogP contribution in [-0.2, 0) is 0 Å². The standard InChI is InChI=1S/C30H32ClN5O2/c1-38-29-23(12-21(17-6-9-33-10-7-17)22-13-27(30(32)37)35-15-25(22)29)24-14-34-11-8-20(24)28-19-5-3-2-4-18(19)26(31)16-36-28/h2-5,12-13,15-17,20,24,33-34H,6-11,14H2,1H3,(H2,32,37). The van der Waals surface area contributed by atoms with Gasteiger partial charge in [-0.2, -0.15) is 0 Å². The lowest BCUT2D eigenvalue weighted by atomic mass is 9.75. The fraction of sp³-hybridized carbons (Fsp3) is 0.367. The molecule has 2 aliphatic rings. The first kappa shape index (κ1) is 25.0. The number of hydrogen-bond acceptors (Lipinski definition) is 6. The Morgan fingerprint density at radius 2 is 1.68 bits per heavy atom. The lowest BCUT2D eigenvalue weighted by molar-refractivity contribution is 0.0995. The van der Waals surface area contributed by atoms with Crippen molar-refractivity contribution < 1.29 is 9.53 Å². The van der Waals surface area contributed by atoms with E-state index in [9.17, 15) is 4.79 Å². The molecule has 0 aliphatic carbocycles. The average molecular weight is 530 g/mol. The third-order valence-electron chi connectivity index (χ3n) is 8.28. The molecule has 4 N–H and O–H groups in total. The van der Waals surface area contributed by atoms with Gasteiger partial charge in [0.2, 0.25) is 0 Å². The average Bonchev–Trinajstić information content (AvgIpc) is 2.97. The van der Waals surface area contributed by atoms with Crippen molar-refractivity contribution in [3.05, 3.63) is 76.3 Å². The van der Waals surface area contributed by atoms with Crippen molar-refractivity contribution in [2.24, 2.45) is 5.73 Å². The third kappa shape index (κ3) is 4.38. The number of primary amides is 1. The maximum atomic E-state index is 12.0. The van der Waals surface area contributed by atoms with E-state index in [0.29, 0.717) is 10.9 Å². The van der Waals surface area contributed by atoms with Gasteiger partial charge >= 0.3 is 0 Å². The number of amides is 1. The van der Waals surface area contributed by atoms with E-state index in [1.54, 1.807) is 19.5 Å². The van der Waals surface area contributed by atoms with Crippen molar-refractivity contribution in [1.29, 1.82) is 0 Å². The number of ether oxygens (including phenoxy) is 1. The second-order valence-corrected chi connectivity index (χ2v) is 10.7. The van der Waals surface area contributed by atoms with Gasteiger partial charge in [0, 0.05) is 52.5 Å². The van der Waals surface area contributed by atoms with Gasteiger partial charge < -0.3 is 21.1 Å². The fourth-order valence-electron chi connectivity index (χ4n) is 6.44. The van der Waals surface area contributed by atoms with E-state index in [2.05, 4.69) is 33.8 Å². The summed E-state index contributed by atoms with van der Waals surface area (Å²) in [5, 5.41) is 11.8. The van der Waals surface area contributed by atoms with Crippen LogP contribution in [-0.4, -0.2) is 49.2 Å². The molecule has 4 heterocycles. The molecule has 0 bridgehead atoms. The van der Waals surface area contributed by atoms with Gasteiger partial charge in [0.25, 0.3) is 5.91 Å². The molecule has 6 rings (SSSR count). The summed E-state index contributed by atoms with van der Waals surface area (Å²) in [6, 6.07) is 12.4. The van der Waals surface area contributed by atoms with E-state index in [-0.39, 0.29) is 17.5 Å². The zero-order valence-electron chi connectivity index (χ0n) is 21.5. The third-order valence-corrected chi connectivity index (χ3v) is 8.58. The zero-order chi connectivity index (χ0) is 26.2. The van der Waals surface area contributed by atoms with Crippen LogP contribution in [0.5, 0.6) is 5.75 Å². The fourth-order valence-corrected chi connectivity index (χ4v) is 6.65. The van der Waals surface area contributed by atoms with E-state index in [1.807, 2.05) is 18.2 Å². The number of carbonyl (C=O) groups excluding carboxylic acids is 1. The number of pyridine rings is 2. The number of rotatable bonds is 5. The Labute approximate surface area is 227 Å². The van der Waals surface area contributed by atoms with Crippen molar-refractivity contribution in [3.63, 3.8) is 0 Å². The Balaban J connectivity index is 1.56. The Morgan fingerprint density at radius 3 is 2.45 bits per heavy atom. The molecule has 196 valence electrons.